The molecule has 1 aromatic heterocycles. The zero-order valence-electron chi connectivity index (χ0n) is 10.3. The quantitative estimate of drug-likeness (QED) is 0.699. The standard InChI is InChI=1S/C13H19NO3/c1-4-13(2,3)14-8-11(15)9-16-10-12-6-5-7-17-12/h1,5-7,11,14-15H,8-10H2,2-3H3. The maximum absolute atomic E-state index is 9.65. The molecule has 1 heterocycles. The van der Waals surface area contributed by atoms with Crippen molar-refractivity contribution in [3.05, 3.63) is 24.2 Å². The molecule has 1 atom stereocenters. The Labute approximate surface area is 102 Å². The lowest BCUT2D eigenvalue weighted by Gasteiger charge is -2.21. The highest BCUT2D eigenvalue weighted by Gasteiger charge is 2.14. The van der Waals surface area contributed by atoms with Crippen molar-refractivity contribution in [2.45, 2.75) is 32.1 Å². The summed E-state index contributed by atoms with van der Waals surface area (Å²) >= 11 is 0. The molecule has 17 heavy (non-hydrogen) atoms. The van der Waals surface area contributed by atoms with Gasteiger partial charge in [0.05, 0.1) is 24.5 Å². The van der Waals surface area contributed by atoms with Gasteiger partial charge in [-0.25, -0.2) is 0 Å². The summed E-state index contributed by atoms with van der Waals surface area (Å²) in [7, 11) is 0. The van der Waals surface area contributed by atoms with E-state index in [1.54, 1.807) is 12.3 Å². The number of aliphatic hydroxyl groups excluding tert-OH is 1. The Balaban J connectivity index is 2.14. The van der Waals surface area contributed by atoms with Crippen LogP contribution in [0.1, 0.15) is 19.6 Å². The van der Waals surface area contributed by atoms with E-state index in [-0.39, 0.29) is 6.61 Å². The minimum atomic E-state index is -0.586. The smallest absolute Gasteiger partial charge is 0.129 e. The van der Waals surface area contributed by atoms with Gasteiger partial charge < -0.3 is 14.3 Å². The number of ether oxygens (including phenoxy) is 1. The van der Waals surface area contributed by atoms with Crippen LogP contribution in [0.2, 0.25) is 0 Å². The molecule has 4 heteroatoms. The van der Waals surface area contributed by atoms with Crippen LogP contribution in [-0.4, -0.2) is 29.9 Å². The van der Waals surface area contributed by atoms with Crippen LogP contribution in [0, 0.1) is 12.3 Å². The molecule has 0 saturated heterocycles. The highest BCUT2D eigenvalue weighted by Crippen LogP contribution is 2.03. The van der Waals surface area contributed by atoms with Gasteiger partial charge in [-0.15, -0.1) is 6.42 Å². The predicted molar refractivity (Wildman–Crippen MR) is 65.3 cm³/mol. The summed E-state index contributed by atoms with van der Waals surface area (Å²) < 4.78 is 10.4. The first-order chi connectivity index (χ1) is 8.03. The number of hydrogen-bond acceptors (Lipinski definition) is 4. The first-order valence-electron chi connectivity index (χ1n) is 5.54. The molecule has 0 aliphatic rings. The molecule has 0 aliphatic carbocycles. The monoisotopic (exact) mass is 237 g/mol. The van der Waals surface area contributed by atoms with Gasteiger partial charge in [0, 0.05) is 6.54 Å². The summed E-state index contributed by atoms with van der Waals surface area (Å²) in [6.07, 6.45) is 6.32. The third-order valence-electron chi connectivity index (χ3n) is 2.28. The summed E-state index contributed by atoms with van der Waals surface area (Å²) in [5, 5.41) is 12.7. The normalized spacial score (nSPS) is 13.3. The van der Waals surface area contributed by atoms with Gasteiger partial charge in [-0.05, 0) is 26.0 Å². The van der Waals surface area contributed by atoms with Crippen LogP contribution in [0.4, 0.5) is 0 Å². The summed E-state index contributed by atoms with van der Waals surface area (Å²) in [5.74, 6) is 3.34. The highest BCUT2D eigenvalue weighted by atomic mass is 16.5. The molecule has 0 amide bonds. The lowest BCUT2D eigenvalue weighted by molar-refractivity contribution is 0.0209. The van der Waals surface area contributed by atoms with E-state index in [0.717, 1.165) is 5.76 Å². The van der Waals surface area contributed by atoms with Crippen LogP contribution in [0.25, 0.3) is 0 Å². The molecule has 0 aromatic carbocycles. The Morgan fingerprint density at radius 3 is 3.00 bits per heavy atom. The van der Waals surface area contributed by atoms with E-state index in [2.05, 4.69) is 11.2 Å². The number of terminal acetylenes is 1. The zero-order chi connectivity index (χ0) is 12.7. The van der Waals surface area contributed by atoms with Crippen LogP contribution in [0.15, 0.2) is 22.8 Å². The van der Waals surface area contributed by atoms with Gasteiger partial charge in [0.25, 0.3) is 0 Å². The molecule has 0 radical (unpaired) electrons. The van der Waals surface area contributed by atoms with Crippen molar-refractivity contribution in [2.75, 3.05) is 13.2 Å². The topological polar surface area (TPSA) is 54.6 Å². The zero-order valence-corrected chi connectivity index (χ0v) is 10.3. The largest absolute Gasteiger partial charge is 0.467 e. The first kappa shape index (κ1) is 13.8. The van der Waals surface area contributed by atoms with E-state index < -0.39 is 11.6 Å². The van der Waals surface area contributed by atoms with E-state index >= 15 is 0 Å². The average Bonchev–Trinajstić information content (AvgIpc) is 2.80. The molecule has 0 fully saturated rings. The SMILES string of the molecule is C#CC(C)(C)NCC(O)COCc1ccco1. The van der Waals surface area contributed by atoms with Crippen molar-refractivity contribution in [3.8, 4) is 12.3 Å². The van der Waals surface area contributed by atoms with Crippen LogP contribution >= 0.6 is 0 Å². The summed E-state index contributed by atoms with van der Waals surface area (Å²) in [6, 6.07) is 3.62. The van der Waals surface area contributed by atoms with E-state index in [9.17, 15) is 5.11 Å². The second-order valence-electron chi connectivity index (χ2n) is 4.40. The molecule has 1 unspecified atom stereocenters. The molecule has 0 saturated carbocycles. The lowest BCUT2D eigenvalue weighted by atomic mass is 10.1. The fourth-order valence-corrected chi connectivity index (χ4v) is 1.17. The third-order valence-corrected chi connectivity index (χ3v) is 2.28. The molecule has 1 aromatic rings. The second kappa shape index (κ2) is 6.45. The molecular weight excluding hydrogens is 218 g/mol. The van der Waals surface area contributed by atoms with Crippen LogP contribution in [0.3, 0.4) is 0 Å². The van der Waals surface area contributed by atoms with Crippen LogP contribution in [-0.2, 0) is 11.3 Å². The molecular formula is C13H19NO3. The van der Waals surface area contributed by atoms with Crippen molar-refractivity contribution < 1.29 is 14.3 Å². The van der Waals surface area contributed by atoms with Crippen molar-refractivity contribution in [1.29, 1.82) is 0 Å². The first-order valence-corrected chi connectivity index (χ1v) is 5.54. The van der Waals surface area contributed by atoms with Gasteiger partial charge in [0.2, 0.25) is 0 Å². The number of rotatable bonds is 7. The summed E-state index contributed by atoms with van der Waals surface area (Å²) in [4.78, 5) is 0. The minimum absolute atomic E-state index is 0.244. The number of aliphatic hydroxyl groups is 1. The maximum atomic E-state index is 9.65. The second-order valence-corrected chi connectivity index (χ2v) is 4.40. The predicted octanol–water partition coefficient (Wildman–Crippen LogP) is 1.16. The van der Waals surface area contributed by atoms with Crippen molar-refractivity contribution in [1.82, 2.24) is 5.32 Å². The van der Waals surface area contributed by atoms with Crippen LogP contribution in [0.5, 0.6) is 0 Å². The fraction of sp³-hybridized carbons (Fsp3) is 0.538. The van der Waals surface area contributed by atoms with Gasteiger partial charge in [0.1, 0.15) is 12.4 Å². The van der Waals surface area contributed by atoms with Gasteiger partial charge in [-0.2, -0.15) is 0 Å². The van der Waals surface area contributed by atoms with Crippen molar-refractivity contribution in [3.63, 3.8) is 0 Å². The highest BCUT2D eigenvalue weighted by molar-refractivity contribution is 5.07. The van der Waals surface area contributed by atoms with Gasteiger partial charge in [-0.1, -0.05) is 5.92 Å². The Morgan fingerprint density at radius 2 is 2.41 bits per heavy atom. The van der Waals surface area contributed by atoms with E-state index in [4.69, 9.17) is 15.6 Å². The maximum Gasteiger partial charge on any atom is 0.129 e. The van der Waals surface area contributed by atoms with E-state index in [1.807, 2.05) is 19.9 Å². The Hall–Kier alpha value is -1.28. The molecule has 0 bridgehead atoms. The number of hydrogen-bond donors (Lipinski definition) is 2. The Kier molecular flexibility index (Phi) is 5.23. The summed E-state index contributed by atoms with van der Waals surface area (Å²) in [6.45, 7) is 4.76. The molecule has 4 nitrogen and oxygen atoms in total. The molecule has 0 aliphatic heterocycles. The third kappa shape index (κ3) is 5.55. The summed E-state index contributed by atoms with van der Waals surface area (Å²) in [5.41, 5.74) is -0.415. The number of β-amino-alcohol motifs (C(OH)–C–C–N with tert-alkyl or cyclic N) is 1. The van der Waals surface area contributed by atoms with Gasteiger partial charge in [-0.3, -0.25) is 5.32 Å². The van der Waals surface area contributed by atoms with Crippen LogP contribution < -0.4 is 5.32 Å². The van der Waals surface area contributed by atoms with E-state index in [1.165, 1.54) is 0 Å². The fourth-order valence-electron chi connectivity index (χ4n) is 1.17. The van der Waals surface area contributed by atoms with Gasteiger partial charge >= 0.3 is 0 Å². The Bertz CT molecular complexity index is 351. The molecule has 2 N–H and O–H groups in total. The minimum Gasteiger partial charge on any atom is -0.467 e. The van der Waals surface area contributed by atoms with Gasteiger partial charge in [0.15, 0.2) is 0 Å². The average molecular weight is 237 g/mol. The lowest BCUT2D eigenvalue weighted by Crippen LogP contribution is -2.43. The molecule has 94 valence electrons. The van der Waals surface area contributed by atoms with Crippen molar-refractivity contribution >= 4 is 0 Å². The van der Waals surface area contributed by atoms with E-state index in [0.29, 0.717) is 13.2 Å². The Morgan fingerprint density at radius 1 is 1.65 bits per heavy atom. The number of furan rings is 1. The number of nitrogens with one attached hydrogen (secondary N) is 1. The van der Waals surface area contributed by atoms with Crippen molar-refractivity contribution in [2.24, 2.45) is 0 Å². The molecule has 0 spiro atoms. The molecule has 1 rings (SSSR count).